The molecule has 5 nitrogen and oxygen atoms in total. The number of hydrogen-bond donors (Lipinski definition) is 2. The molecule has 1 unspecified atom stereocenters. The zero-order valence-corrected chi connectivity index (χ0v) is 14.3. The highest BCUT2D eigenvalue weighted by molar-refractivity contribution is 5.85. The largest absolute Gasteiger partial charge is 0.364 e. The molecule has 0 radical (unpaired) electrons. The highest BCUT2D eigenvalue weighted by Gasteiger charge is 2.29. The van der Waals surface area contributed by atoms with Crippen molar-refractivity contribution in [3.63, 3.8) is 0 Å². The molecular weight excluding hydrogens is 301 g/mol. The Labute approximate surface area is 134 Å². The van der Waals surface area contributed by atoms with Crippen LogP contribution >= 0.6 is 24.8 Å². The monoisotopic (exact) mass is 329 g/mol. The number of nitrogens with two attached hydrogens (primary N) is 1. The molecule has 1 fully saturated rings. The summed E-state index contributed by atoms with van der Waals surface area (Å²) in [5, 5.41) is 2.93. The summed E-state index contributed by atoms with van der Waals surface area (Å²) in [4.78, 5) is 14.1. The van der Waals surface area contributed by atoms with Gasteiger partial charge in [0.2, 0.25) is 5.91 Å². The van der Waals surface area contributed by atoms with Gasteiger partial charge in [-0.05, 0) is 33.2 Å². The average Bonchev–Trinajstić information content (AvgIpc) is 2.86. The first-order valence-corrected chi connectivity index (χ1v) is 6.92. The van der Waals surface area contributed by atoms with E-state index in [1.807, 2.05) is 0 Å². The van der Waals surface area contributed by atoms with Crippen molar-refractivity contribution in [1.82, 2.24) is 10.2 Å². The number of halogens is 2. The average molecular weight is 330 g/mol. The number of nitrogens with zero attached hydrogens (tertiary/aromatic N) is 1. The van der Waals surface area contributed by atoms with Gasteiger partial charge in [0.25, 0.3) is 0 Å². The Morgan fingerprint density at radius 1 is 1.45 bits per heavy atom. The van der Waals surface area contributed by atoms with E-state index in [9.17, 15) is 4.79 Å². The van der Waals surface area contributed by atoms with Crippen LogP contribution in [0.1, 0.15) is 33.1 Å². The molecule has 0 spiro atoms. The maximum atomic E-state index is 11.8. The molecule has 1 amide bonds. The first-order valence-electron chi connectivity index (χ1n) is 6.92. The number of hydrogen-bond acceptors (Lipinski definition) is 4. The van der Waals surface area contributed by atoms with Crippen LogP contribution in [0.2, 0.25) is 0 Å². The Morgan fingerprint density at radius 3 is 2.60 bits per heavy atom. The molecule has 0 aromatic carbocycles. The lowest BCUT2D eigenvalue weighted by Crippen LogP contribution is -2.41. The van der Waals surface area contributed by atoms with Gasteiger partial charge in [0, 0.05) is 25.7 Å². The molecule has 1 rings (SSSR count). The number of carbonyl (C=O) groups excluding carboxylic acids is 1. The van der Waals surface area contributed by atoms with Crippen LogP contribution in [0.15, 0.2) is 0 Å². The topological polar surface area (TPSA) is 67.6 Å². The minimum atomic E-state index is -0.299. The second-order valence-electron chi connectivity index (χ2n) is 5.09. The molecule has 1 heterocycles. The second kappa shape index (κ2) is 11.6. The van der Waals surface area contributed by atoms with Gasteiger partial charge in [-0.2, -0.15) is 0 Å². The summed E-state index contributed by atoms with van der Waals surface area (Å²) in [7, 11) is 2.08. The van der Waals surface area contributed by atoms with E-state index in [-0.39, 0.29) is 42.9 Å². The fraction of sp³-hybridized carbons (Fsp3) is 0.923. The molecule has 0 bridgehead atoms. The van der Waals surface area contributed by atoms with Crippen LogP contribution in [-0.2, 0) is 9.53 Å². The van der Waals surface area contributed by atoms with Crippen molar-refractivity contribution in [3.05, 3.63) is 0 Å². The van der Waals surface area contributed by atoms with E-state index < -0.39 is 0 Å². The van der Waals surface area contributed by atoms with Crippen molar-refractivity contribution in [2.75, 3.05) is 26.7 Å². The van der Waals surface area contributed by atoms with Crippen LogP contribution < -0.4 is 11.1 Å². The molecule has 0 aromatic rings. The van der Waals surface area contributed by atoms with Crippen molar-refractivity contribution in [2.45, 2.75) is 51.4 Å². The summed E-state index contributed by atoms with van der Waals surface area (Å²) in [6.07, 6.45) is 2.56. The van der Waals surface area contributed by atoms with Crippen LogP contribution in [0.3, 0.4) is 0 Å². The van der Waals surface area contributed by atoms with Gasteiger partial charge < -0.3 is 20.7 Å². The Bertz CT molecular complexity index is 270. The number of amides is 1. The summed E-state index contributed by atoms with van der Waals surface area (Å²) in [6.45, 7) is 6.40. The van der Waals surface area contributed by atoms with Gasteiger partial charge in [0.05, 0.1) is 6.10 Å². The summed E-state index contributed by atoms with van der Waals surface area (Å²) in [6, 6.07) is 0.547. The number of carbonyl (C=O) groups is 1. The smallest absolute Gasteiger partial charge is 0.249 e. The zero-order valence-electron chi connectivity index (χ0n) is 12.6. The van der Waals surface area contributed by atoms with Crippen LogP contribution in [-0.4, -0.2) is 55.7 Å². The van der Waals surface area contributed by atoms with Crippen molar-refractivity contribution in [1.29, 1.82) is 0 Å². The SMILES string of the molecule is CCC(C)N(C)CCNC(=O)[C@@H]1CC[C@H](CN)O1.Cl.Cl. The fourth-order valence-corrected chi connectivity index (χ4v) is 2.07. The maximum Gasteiger partial charge on any atom is 0.249 e. The third kappa shape index (κ3) is 7.09. The highest BCUT2D eigenvalue weighted by atomic mass is 35.5. The third-order valence-corrected chi connectivity index (χ3v) is 3.77. The van der Waals surface area contributed by atoms with Crippen LogP contribution in [0.5, 0.6) is 0 Å². The van der Waals surface area contributed by atoms with Gasteiger partial charge in [0.1, 0.15) is 6.10 Å². The molecule has 1 aliphatic heterocycles. The first kappa shape index (κ1) is 22.2. The van der Waals surface area contributed by atoms with E-state index in [0.29, 0.717) is 19.1 Å². The normalized spacial score (nSPS) is 22.9. The quantitative estimate of drug-likeness (QED) is 0.736. The molecule has 0 aliphatic carbocycles. The van der Waals surface area contributed by atoms with E-state index in [1.54, 1.807) is 0 Å². The van der Waals surface area contributed by atoms with Crippen LogP contribution in [0.4, 0.5) is 0 Å². The van der Waals surface area contributed by atoms with Gasteiger partial charge in [-0.3, -0.25) is 4.79 Å². The lowest BCUT2D eigenvalue weighted by atomic mass is 10.2. The highest BCUT2D eigenvalue weighted by Crippen LogP contribution is 2.18. The summed E-state index contributed by atoms with van der Waals surface area (Å²) >= 11 is 0. The lowest BCUT2D eigenvalue weighted by molar-refractivity contribution is -0.131. The van der Waals surface area contributed by atoms with Gasteiger partial charge in [-0.25, -0.2) is 0 Å². The van der Waals surface area contributed by atoms with Gasteiger partial charge in [0.15, 0.2) is 0 Å². The molecule has 3 N–H and O–H groups in total. The van der Waals surface area contributed by atoms with Crippen LogP contribution in [0, 0.1) is 0 Å². The molecule has 1 saturated heterocycles. The standard InChI is InChI=1S/C13H27N3O2.2ClH/c1-4-10(2)16(3)8-7-15-13(17)12-6-5-11(9-14)18-12;;/h10-12H,4-9,14H2,1-3H3,(H,15,17);2*1H/t10?,11-,12+;;/m1../s1. The van der Waals surface area contributed by atoms with E-state index in [1.165, 1.54) is 0 Å². The summed E-state index contributed by atoms with van der Waals surface area (Å²) in [5.41, 5.74) is 5.52. The summed E-state index contributed by atoms with van der Waals surface area (Å²) in [5.74, 6) is 0.00324. The Kier molecular flexibility index (Phi) is 12.9. The fourth-order valence-electron chi connectivity index (χ4n) is 2.07. The van der Waals surface area contributed by atoms with Crippen molar-refractivity contribution < 1.29 is 9.53 Å². The van der Waals surface area contributed by atoms with Crippen LogP contribution in [0.25, 0.3) is 0 Å². The number of rotatable bonds is 7. The molecule has 0 saturated carbocycles. The second-order valence-corrected chi connectivity index (χ2v) is 5.09. The predicted molar refractivity (Wildman–Crippen MR) is 86.8 cm³/mol. The number of likely N-dealkylation sites (N-methyl/N-ethyl adjacent to an activating group) is 1. The Hall–Kier alpha value is -0.0700. The first-order chi connectivity index (χ1) is 8.58. The minimum Gasteiger partial charge on any atom is -0.364 e. The van der Waals surface area contributed by atoms with E-state index in [2.05, 4.69) is 31.1 Å². The van der Waals surface area contributed by atoms with Gasteiger partial charge >= 0.3 is 0 Å². The summed E-state index contributed by atoms with van der Waals surface area (Å²) < 4.78 is 5.55. The van der Waals surface area contributed by atoms with Crippen molar-refractivity contribution in [3.8, 4) is 0 Å². The molecule has 1 aliphatic rings. The number of ether oxygens (including phenoxy) is 1. The lowest BCUT2D eigenvalue weighted by Gasteiger charge is -2.23. The Morgan fingerprint density at radius 2 is 2.10 bits per heavy atom. The van der Waals surface area contributed by atoms with Gasteiger partial charge in [-0.1, -0.05) is 6.92 Å². The van der Waals surface area contributed by atoms with E-state index >= 15 is 0 Å². The van der Waals surface area contributed by atoms with Crippen molar-refractivity contribution in [2.24, 2.45) is 5.73 Å². The zero-order chi connectivity index (χ0) is 13.5. The molecular formula is C13H29Cl2N3O2. The molecule has 7 heteroatoms. The van der Waals surface area contributed by atoms with E-state index in [4.69, 9.17) is 10.5 Å². The number of nitrogens with one attached hydrogen (secondary N) is 1. The Balaban J connectivity index is 0. The van der Waals surface area contributed by atoms with Crippen molar-refractivity contribution >= 4 is 30.7 Å². The van der Waals surface area contributed by atoms with E-state index in [0.717, 1.165) is 25.8 Å². The third-order valence-electron chi connectivity index (χ3n) is 3.77. The molecule has 0 aromatic heterocycles. The maximum absolute atomic E-state index is 11.8. The van der Waals surface area contributed by atoms with Gasteiger partial charge in [-0.15, -0.1) is 24.8 Å². The molecule has 122 valence electrons. The molecule has 3 atom stereocenters. The molecule has 20 heavy (non-hydrogen) atoms. The minimum absolute atomic E-state index is 0. The predicted octanol–water partition coefficient (Wildman–Crippen LogP) is 1.18.